The van der Waals surface area contributed by atoms with Crippen molar-refractivity contribution in [3.8, 4) is 5.75 Å². The molecule has 70 valence electrons. The lowest BCUT2D eigenvalue weighted by molar-refractivity contribution is 0.0993. The molecule has 0 radical (unpaired) electrons. The lowest BCUT2D eigenvalue weighted by Crippen LogP contribution is -2.16. The molecule has 1 rings (SSSR count). The minimum Gasteiger partial charge on any atom is -0.494 e. The molecule has 0 fully saturated rings. The number of hydrogen-bond donors (Lipinski definition) is 1. The zero-order valence-electron chi connectivity index (χ0n) is 7.70. The Labute approximate surface area is 76.7 Å². The van der Waals surface area contributed by atoms with E-state index in [2.05, 4.69) is 4.98 Å². The molecule has 4 heteroatoms. The van der Waals surface area contributed by atoms with Crippen LogP contribution in [0.5, 0.6) is 5.75 Å². The second-order valence-electron chi connectivity index (χ2n) is 2.63. The van der Waals surface area contributed by atoms with Gasteiger partial charge in [0.1, 0.15) is 11.4 Å². The summed E-state index contributed by atoms with van der Waals surface area (Å²) in [6.07, 6.45) is 0. The van der Waals surface area contributed by atoms with Crippen LogP contribution in [0.1, 0.15) is 16.2 Å². The van der Waals surface area contributed by atoms with Gasteiger partial charge in [0.25, 0.3) is 0 Å². The van der Waals surface area contributed by atoms with Crippen LogP contribution >= 0.6 is 0 Å². The number of carbonyl (C=O) groups is 1. The van der Waals surface area contributed by atoms with Crippen LogP contribution in [0.4, 0.5) is 0 Å². The van der Waals surface area contributed by atoms with E-state index in [9.17, 15) is 4.79 Å². The number of rotatable bonds is 3. The Kier molecular flexibility index (Phi) is 2.97. The molecule has 0 aliphatic carbocycles. The van der Waals surface area contributed by atoms with Crippen LogP contribution in [-0.4, -0.2) is 24.4 Å². The minimum absolute atomic E-state index is 0.0488. The summed E-state index contributed by atoms with van der Waals surface area (Å²) < 4.78 is 4.98. The summed E-state index contributed by atoms with van der Waals surface area (Å²) in [5, 5.41) is 0. The van der Waals surface area contributed by atoms with Gasteiger partial charge in [-0.15, -0.1) is 0 Å². The molecule has 0 aliphatic rings. The first kappa shape index (κ1) is 9.67. The number of aromatic nitrogens is 1. The van der Waals surface area contributed by atoms with Gasteiger partial charge < -0.3 is 10.5 Å². The number of methoxy groups -OCH3 is 1. The monoisotopic (exact) mass is 180 g/mol. The van der Waals surface area contributed by atoms with Gasteiger partial charge in [0.2, 0.25) is 0 Å². The van der Waals surface area contributed by atoms with Gasteiger partial charge in [0.05, 0.1) is 13.7 Å². The van der Waals surface area contributed by atoms with Gasteiger partial charge in [-0.2, -0.15) is 0 Å². The molecule has 13 heavy (non-hydrogen) atoms. The summed E-state index contributed by atoms with van der Waals surface area (Å²) in [7, 11) is 1.50. The summed E-state index contributed by atoms with van der Waals surface area (Å²) in [5.41, 5.74) is 6.32. The van der Waals surface area contributed by atoms with Crippen molar-refractivity contribution in [3.05, 3.63) is 23.5 Å². The molecule has 1 aromatic heterocycles. The molecule has 2 N–H and O–H groups in total. The van der Waals surface area contributed by atoms with E-state index in [-0.39, 0.29) is 12.3 Å². The van der Waals surface area contributed by atoms with Crippen molar-refractivity contribution >= 4 is 5.78 Å². The van der Waals surface area contributed by atoms with E-state index in [1.807, 2.05) is 6.92 Å². The third-order valence-electron chi connectivity index (χ3n) is 1.67. The van der Waals surface area contributed by atoms with E-state index >= 15 is 0 Å². The zero-order valence-corrected chi connectivity index (χ0v) is 7.70. The smallest absolute Gasteiger partial charge is 0.198 e. The lowest BCUT2D eigenvalue weighted by atomic mass is 10.2. The van der Waals surface area contributed by atoms with E-state index in [0.29, 0.717) is 11.4 Å². The largest absolute Gasteiger partial charge is 0.494 e. The van der Waals surface area contributed by atoms with Crippen LogP contribution in [-0.2, 0) is 0 Å². The van der Waals surface area contributed by atoms with Crippen LogP contribution in [0, 0.1) is 6.92 Å². The maximum Gasteiger partial charge on any atom is 0.198 e. The molecule has 0 bridgehead atoms. The third-order valence-corrected chi connectivity index (χ3v) is 1.67. The molecule has 0 saturated carbocycles. The van der Waals surface area contributed by atoms with E-state index in [4.69, 9.17) is 10.5 Å². The number of hydrogen-bond acceptors (Lipinski definition) is 4. The molecule has 0 aliphatic heterocycles. The first-order chi connectivity index (χ1) is 6.19. The second-order valence-corrected chi connectivity index (χ2v) is 2.63. The topological polar surface area (TPSA) is 65.2 Å². The molecular formula is C9H12N2O2. The molecule has 4 nitrogen and oxygen atoms in total. The van der Waals surface area contributed by atoms with Crippen molar-refractivity contribution in [2.75, 3.05) is 13.7 Å². The molecule has 0 amide bonds. The van der Waals surface area contributed by atoms with Gasteiger partial charge in [-0.1, -0.05) is 0 Å². The second kappa shape index (κ2) is 4.00. The number of nitrogens with two attached hydrogens (primary N) is 1. The average Bonchev–Trinajstić information content (AvgIpc) is 2.16. The number of aryl methyl sites for hydroxylation is 1. The first-order valence-electron chi connectivity index (χ1n) is 3.94. The SMILES string of the molecule is COc1ccc(C)nc1C(=O)CN. The van der Waals surface area contributed by atoms with Crippen LogP contribution in [0.15, 0.2) is 12.1 Å². The number of Topliss-reactive ketones (excluding diaryl/α,β-unsaturated/α-hetero) is 1. The van der Waals surface area contributed by atoms with E-state index in [1.54, 1.807) is 12.1 Å². The highest BCUT2D eigenvalue weighted by Crippen LogP contribution is 2.16. The van der Waals surface area contributed by atoms with Crippen LogP contribution in [0.3, 0.4) is 0 Å². The number of pyridine rings is 1. The van der Waals surface area contributed by atoms with E-state index in [1.165, 1.54) is 7.11 Å². The fraction of sp³-hybridized carbons (Fsp3) is 0.333. The Balaban J connectivity index is 3.15. The van der Waals surface area contributed by atoms with Gasteiger partial charge >= 0.3 is 0 Å². The Morgan fingerprint density at radius 2 is 2.31 bits per heavy atom. The Hall–Kier alpha value is -1.42. The summed E-state index contributed by atoms with van der Waals surface area (Å²) in [4.78, 5) is 15.3. The first-order valence-corrected chi connectivity index (χ1v) is 3.94. The molecule has 0 atom stereocenters. The fourth-order valence-corrected chi connectivity index (χ4v) is 1.01. The zero-order chi connectivity index (χ0) is 9.84. The molecule has 1 aromatic rings. The van der Waals surface area contributed by atoms with Crippen LogP contribution in [0.2, 0.25) is 0 Å². The van der Waals surface area contributed by atoms with E-state index < -0.39 is 0 Å². The van der Waals surface area contributed by atoms with Crippen molar-refractivity contribution in [1.29, 1.82) is 0 Å². The quantitative estimate of drug-likeness (QED) is 0.689. The van der Waals surface area contributed by atoms with Crippen molar-refractivity contribution in [2.45, 2.75) is 6.92 Å². The van der Waals surface area contributed by atoms with Crippen molar-refractivity contribution in [2.24, 2.45) is 5.73 Å². The van der Waals surface area contributed by atoms with Crippen molar-refractivity contribution in [3.63, 3.8) is 0 Å². The molecule has 0 unspecified atom stereocenters. The average molecular weight is 180 g/mol. The Bertz CT molecular complexity index is 323. The predicted octanol–water partition coefficient (Wildman–Crippen LogP) is 0.540. The number of nitrogens with zero attached hydrogens (tertiary/aromatic N) is 1. The maximum absolute atomic E-state index is 11.3. The highest BCUT2D eigenvalue weighted by atomic mass is 16.5. The third kappa shape index (κ3) is 2.03. The number of carbonyl (C=O) groups excluding carboxylic acids is 1. The maximum atomic E-state index is 11.3. The van der Waals surface area contributed by atoms with Gasteiger partial charge in [0.15, 0.2) is 5.78 Å². The minimum atomic E-state index is -0.208. The Morgan fingerprint density at radius 1 is 1.62 bits per heavy atom. The fourth-order valence-electron chi connectivity index (χ4n) is 1.01. The standard InChI is InChI=1S/C9H12N2O2/c1-6-3-4-8(13-2)9(11-6)7(12)5-10/h3-4H,5,10H2,1-2H3. The highest BCUT2D eigenvalue weighted by Gasteiger charge is 2.11. The molecular weight excluding hydrogens is 168 g/mol. The molecule has 1 heterocycles. The summed E-state index contributed by atoms with van der Waals surface area (Å²) in [6.45, 7) is 1.76. The van der Waals surface area contributed by atoms with Gasteiger partial charge in [-0.05, 0) is 19.1 Å². The molecule has 0 spiro atoms. The van der Waals surface area contributed by atoms with Gasteiger partial charge in [0, 0.05) is 5.69 Å². The Morgan fingerprint density at radius 3 is 2.85 bits per heavy atom. The summed E-state index contributed by atoms with van der Waals surface area (Å²) >= 11 is 0. The predicted molar refractivity (Wildman–Crippen MR) is 48.9 cm³/mol. The lowest BCUT2D eigenvalue weighted by Gasteiger charge is -2.05. The number of ether oxygens (including phenoxy) is 1. The van der Waals surface area contributed by atoms with Crippen LogP contribution in [0.25, 0.3) is 0 Å². The summed E-state index contributed by atoms with van der Waals surface area (Å²) in [6, 6.07) is 3.50. The summed E-state index contributed by atoms with van der Waals surface area (Å²) in [5.74, 6) is 0.265. The van der Waals surface area contributed by atoms with Crippen molar-refractivity contribution in [1.82, 2.24) is 4.98 Å². The molecule has 0 saturated heterocycles. The number of ketones is 1. The van der Waals surface area contributed by atoms with E-state index in [0.717, 1.165) is 5.69 Å². The van der Waals surface area contributed by atoms with Gasteiger partial charge in [-0.25, -0.2) is 4.98 Å². The molecule has 0 aromatic carbocycles. The normalized spacial score (nSPS) is 9.77. The highest BCUT2D eigenvalue weighted by molar-refractivity contribution is 5.98. The van der Waals surface area contributed by atoms with Crippen molar-refractivity contribution < 1.29 is 9.53 Å². The van der Waals surface area contributed by atoms with Crippen LogP contribution < -0.4 is 10.5 Å². The van der Waals surface area contributed by atoms with Gasteiger partial charge in [-0.3, -0.25) is 4.79 Å².